The van der Waals surface area contributed by atoms with E-state index in [-0.39, 0.29) is 30.6 Å². The van der Waals surface area contributed by atoms with Crippen LogP contribution >= 0.6 is 12.4 Å². The van der Waals surface area contributed by atoms with E-state index in [1.165, 1.54) is 5.56 Å². The van der Waals surface area contributed by atoms with Crippen molar-refractivity contribution in [1.82, 2.24) is 10.2 Å². The molecule has 1 aromatic carbocycles. The molecule has 0 spiro atoms. The Morgan fingerprint density at radius 3 is 2.92 bits per heavy atom. The fourth-order valence-electron chi connectivity index (χ4n) is 3.37. The lowest BCUT2D eigenvalue weighted by Crippen LogP contribution is -2.57. The Balaban J connectivity index is 0.00000225. The van der Waals surface area contributed by atoms with Crippen LogP contribution in [0.1, 0.15) is 18.9 Å². The van der Waals surface area contributed by atoms with E-state index in [4.69, 9.17) is 4.74 Å². The molecule has 2 amide bonds. The lowest BCUT2D eigenvalue weighted by atomic mass is 10.1. The second kappa shape index (κ2) is 9.17. The number of hydrogen-bond acceptors (Lipinski definition) is 4. The van der Waals surface area contributed by atoms with Crippen molar-refractivity contribution in [2.45, 2.75) is 25.8 Å². The average molecular weight is 368 g/mol. The molecule has 1 aromatic rings. The molecule has 2 aliphatic rings. The minimum absolute atomic E-state index is 0. The molecule has 1 fully saturated rings. The number of nitrogens with zero attached hydrogens (tertiary/aromatic N) is 2. The summed E-state index contributed by atoms with van der Waals surface area (Å²) in [5, 5.41) is 3.19. The highest BCUT2D eigenvalue weighted by atomic mass is 35.5. The molecule has 1 N–H and O–H groups in total. The van der Waals surface area contributed by atoms with Crippen LogP contribution in [0.15, 0.2) is 24.3 Å². The van der Waals surface area contributed by atoms with Crippen molar-refractivity contribution in [2.24, 2.45) is 0 Å². The van der Waals surface area contributed by atoms with Gasteiger partial charge in [-0.1, -0.05) is 18.2 Å². The zero-order chi connectivity index (χ0) is 16.9. The van der Waals surface area contributed by atoms with Gasteiger partial charge in [-0.2, -0.15) is 0 Å². The molecule has 1 saturated heterocycles. The zero-order valence-corrected chi connectivity index (χ0v) is 15.4. The predicted molar refractivity (Wildman–Crippen MR) is 99.2 cm³/mol. The summed E-state index contributed by atoms with van der Waals surface area (Å²) in [5.41, 5.74) is 2.19. The molecule has 25 heavy (non-hydrogen) atoms. The molecule has 0 bridgehead atoms. The van der Waals surface area contributed by atoms with Crippen LogP contribution in [-0.4, -0.2) is 62.1 Å². The summed E-state index contributed by atoms with van der Waals surface area (Å²) in [6, 6.07) is 7.55. The van der Waals surface area contributed by atoms with Crippen LogP contribution < -0.4 is 10.2 Å². The van der Waals surface area contributed by atoms with E-state index >= 15 is 0 Å². The minimum atomic E-state index is -0.430. The van der Waals surface area contributed by atoms with Gasteiger partial charge in [0.15, 0.2) is 0 Å². The van der Waals surface area contributed by atoms with Crippen LogP contribution in [0, 0.1) is 0 Å². The number of ether oxygens (including phenoxy) is 1. The molecule has 0 radical (unpaired) electrons. The van der Waals surface area contributed by atoms with Crippen molar-refractivity contribution in [3.05, 3.63) is 29.8 Å². The van der Waals surface area contributed by atoms with Gasteiger partial charge in [0, 0.05) is 38.5 Å². The van der Waals surface area contributed by atoms with Crippen molar-refractivity contribution >= 4 is 29.9 Å². The number of nitrogens with one attached hydrogen (secondary N) is 1. The lowest BCUT2D eigenvalue weighted by molar-refractivity contribution is -0.138. The van der Waals surface area contributed by atoms with Gasteiger partial charge in [0.25, 0.3) is 0 Å². The first-order valence-corrected chi connectivity index (χ1v) is 8.69. The number of anilines is 1. The molecule has 3 rings (SSSR count). The van der Waals surface area contributed by atoms with Gasteiger partial charge in [0.1, 0.15) is 0 Å². The monoisotopic (exact) mass is 367 g/mol. The first-order valence-electron chi connectivity index (χ1n) is 8.69. The molecule has 0 aliphatic carbocycles. The van der Waals surface area contributed by atoms with Crippen LogP contribution in [0.4, 0.5) is 5.69 Å². The third-order valence-electron chi connectivity index (χ3n) is 4.66. The molecular weight excluding hydrogens is 342 g/mol. The molecule has 2 aliphatic heterocycles. The van der Waals surface area contributed by atoms with Crippen LogP contribution in [-0.2, 0) is 20.7 Å². The second-order valence-electron chi connectivity index (χ2n) is 6.16. The molecule has 6 nitrogen and oxygen atoms in total. The number of carbonyl (C=O) groups excluding carboxylic acids is 2. The van der Waals surface area contributed by atoms with E-state index < -0.39 is 6.04 Å². The fourth-order valence-corrected chi connectivity index (χ4v) is 3.37. The van der Waals surface area contributed by atoms with Crippen molar-refractivity contribution in [1.29, 1.82) is 0 Å². The summed E-state index contributed by atoms with van der Waals surface area (Å²) in [7, 11) is 0. The number of hydrogen-bond donors (Lipinski definition) is 1. The fraction of sp³-hybridized carbons (Fsp3) is 0.556. The van der Waals surface area contributed by atoms with Crippen LogP contribution in [0.3, 0.4) is 0 Å². The average Bonchev–Trinajstić information content (AvgIpc) is 3.02. The summed E-state index contributed by atoms with van der Waals surface area (Å²) in [6.07, 6.45) is 1.09. The van der Waals surface area contributed by atoms with E-state index in [9.17, 15) is 9.59 Å². The van der Waals surface area contributed by atoms with Gasteiger partial charge in [0.2, 0.25) is 11.8 Å². The maximum absolute atomic E-state index is 12.7. The number of fused-ring (bicyclic) bond motifs is 1. The summed E-state index contributed by atoms with van der Waals surface area (Å²) in [4.78, 5) is 28.8. The predicted octanol–water partition coefficient (Wildman–Crippen LogP) is 1.22. The van der Waals surface area contributed by atoms with Crippen molar-refractivity contribution in [3.63, 3.8) is 0 Å². The van der Waals surface area contributed by atoms with Gasteiger partial charge < -0.3 is 19.9 Å². The lowest BCUT2D eigenvalue weighted by Gasteiger charge is -2.33. The van der Waals surface area contributed by atoms with Gasteiger partial charge in [0.05, 0.1) is 19.1 Å². The normalized spacial score (nSPS) is 19.6. The number of amides is 2. The van der Waals surface area contributed by atoms with Crippen molar-refractivity contribution < 1.29 is 14.3 Å². The first-order chi connectivity index (χ1) is 11.7. The first kappa shape index (κ1) is 19.7. The number of halogens is 1. The number of benzene rings is 1. The highest BCUT2D eigenvalue weighted by Crippen LogP contribution is 2.28. The summed E-state index contributed by atoms with van der Waals surface area (Å²) < 4.78 is 5.33. The Labute approximate surface area is 154 Å². The maximum Gasteiger partial charge on any atom is 0.240 e. The number of piperazine rings is 1. The number of para-hydroxylation sites is 1. The van der Waals surface area contributed by atoms with Crippen molar-refractivity contribution in [2.75, 3.05) is 44.3 Å². The Morgan fingerprint density at radius 2 is 2.12 bits per heavy atom. The van der Waals surface area contributed by atoms with E-state index in [2.05, 4.69) is 11.4 Å². The largest absolute Gasteiger partial charge is 0.380 e. The topological polar surface area (TPSA) is 61.9 Å². The molecule has 138 valence electrons. The molecule has 1 atom stereocenters. The van der Waals surface area contributed by atoms with Gasteiger partial charge in [-0.3, -0.25) is 9.59 Å². The highest BCUT2D eigenvalue weighted by Gasteiger charge is 2.33. The summed E-state index contributed by atoms with van der Waals surface area (Å²) in [6.45, 7) is 5.81. The maximum atomic E-state index is 12.7. The van der Waals surface area contributed by atoms with Crippen molar-refractivity contribution in [3.8, 4) is 0 Å². The second-order valence-corrected chi connectivity index (χ2v) is 6.16. The Kier molecular flexibility index (Phi) is 7.23. The van der Waals surface area contributed by atoms with Gasteiger partial charge >= 0.3 is 0 Å². The van der Waals surface area contributed by atoms with Gasteiger partial charge in [-0.15, -0.1) is 12.4 Å². The number of carbonyl (C=O) groups is 2. The zero-order valence-electron chi connectivity index (χ0n) is 14.6. The van der Waals surface area contributed by atoms with Crippen LogP contribution in [0.2, 0.25) is 0 Å². The summed E-state index contributed by atoms with van der Waals surface area (Å²) in [5.74, 6) is 0.0132. The molecular formula is C18H26ClN3O3. The quantitative estimate of drug-likeness (QED) is 0.768. The van der Waals surface area contributed by atoms with E-state index in [0.29, 0.717) is 39.4 Å². The van der Waals surface area contributed by atoms with Crippen LogP contribution in [0.25, 0.3) is 0 Å². The van der Waals surface area contributed by atoms with Gasteiger partial charge in [-0.25, -0.2) is 0 Å². The molecule has 0 saturated carbocycles. The Bertz CT molecular complexity index is 611. The molecule has 7 heteroatoms. The Morgan fingerprint density at radius 1 is 1.32 bits per heavy atom. The van der Waals surface area contributed by atoms with Crippen LogP contribution in [0.5, 0.6) is 0 Å². The smallest absolute Gasteiger partial charge is 0.240 e. The number of rotatable bonds is 6. The molecule has 2 heterocycles. The summed E-state index contributed by atoms with van der Waals surface area (Å²) >= 11 is 0. The Hall–Kier alpha value is -1.63. The SMILES string of the molecule is CCOCCN1CCNC(CC(=O)N2CCc3ccccc32)C1=O.Cl. The molecule has 0 aromatic heterocycles. The third kappa shape index (κ3) is 4.51. The highest BCUT2D eigenvalue weighted by molar-refractivity contribution is 5.98. The van der Waals surface area contributed by atoms with E-state index in [1.807, 2.05) is 30.0 Å². The minimum Gasteiger partial charge on any atom is -0.380 e. The third-order valence-corrected chi connectivity index (χ3v) is 4.66. The molecule has 1 unspecified atom stereocenters. The standard InChI is InChI=1S/C18H25N3O3.ClH/c1-2-24-12-11-20-10-8-19-15(18(20)23)13-17(22)21-9-7-14-5-3-4-6-16(14)21;/h3-6,15,19H,2,7-13H2,1H3;1H. The van der Waals surface area contributed by atoms with E-state index in [1.54, 1.807) is 4.90 Å². The van der Waals surface area contributed by atoms with Gasteiger partial charge in [-0.05, 0) is 25.0 Å². The van der Waals surface area contributed by atoms with E-state index in [0.717, 1.165) is 12.1 Å².